The van der Waals surface area contributed by atoms with E-state index in [1.165, 1.54) is 7.11 Å². The zero-order valence-corrected chi connectivity index (χ0v) is 9.51. The first-order chi connectivity index (χ1) is 7.91. The monoisotopic (exact) mass is 244 g/mol. The number of nitrogens with two attached hydrogens (primary N) is 1. The van der Waals surface area contributed by atoms with Gasteiger partial charge in [-0.15, -0.1) is 0 Å². The van der Waals surface area contributed by atoms with Crippen LogP contribution in [0.2, 0.25) is 0 Å². The summed E-state index contributed by atoms with van der Waals surface area (Å²) in [5.41, 5.74) is 4.80. The van der Waals surface area contributed by atoms with Gasteiger partial charge < -0.3 is 25.8 Å². The topological polar surface area (TPSA) is 125 Å². The number of hydrogen-bond acceptors (Lipinski definition) is 6. The molecule has 0 bridgehead atoms. The van der Waals surface area contributed by atoms with E-state index < -0.39 is 24.7 Å². The molecular weight excluding hydrogens is 228 g/mol. The van der Waals surface area contributed by atoms with E-state index in [4.69, 9.17) is 20.7 Å². The molecule has 0 saturated carbocycles. The van der Waals surface area contributed by atoms with Gasteiger partial charge in [0, 0.05) is 12.8 Å². The molecule has 17 heavy (non-hydrogen) atoms. The third-order valence-corrected chi connectivity index (χ3v) is 2.47. The maximum Gasteiger partial charge on any atom is 0.325 e. The van der Waals surface area contributed by atoms with Crippen LogP contribution in [0, 0.1) is 0 Å². The fourth-order valence-corrected chi connectivity index (χ4v) is 1.73. The summed E-state index contributed by atoms with van der Waals surface area (Å²) in [4.78, 5) is 14.3. The molecule has 0 unspecified atom stereocenters. The van der Waals surface area contributed by atoms with E-state index in [0.29, 0.717) is 0 Å². The van der Waals surface area contributed by atoms with Gasteiger partial charge in [-0.1, -0.05) is 0 Å². The Balaban J connectivity index is 3.03. The summed E-state index contributed by atoms with van der Waals surface area (Å²) in [7, 11) is 1.39. The highest BCUT2D eigenvalue weighted by atomic mass is 16.5. The number of allylic oxidation sites excluding steroid dienone is 1. The summed E-state index contributed by atoms with van der Waals surface area (Å²) < 4.78 is 5.02. The summed E-state index contributed by atoms with van der Waals surface area (Å²) in [5, 5.41) is 27.6. The lowest BCUT2D eigenvalue weighted by Gasteiger charge is -2.32. The quantitative estimate of drug-likeness (QED) is 0.494. The van der Waals surface area contributed by atoms with Crippen LogP contribution in [0.25, 0.3) is 0 Å². The van der Waals surface area contributed by atoms with Gasteiger partial charge >= 0.3 is 5.97 Å². The predicted molar refractivity (Wildman–Crippen MR) is 59.4 cm³/mol. The SMILES string of the molecule is COC1=C(N)C[C@@](O)(CO)C/C1=N\CC(=O)O. The second kappa shape index (κ2) is 5.15. The summed E-state index contributed by atoms with van der Waals surface area (Å²) in [6.45, 7) is -0.909. The van der Waals surface area contributed by atoms with Crippen LogP contribution in [0.1, 0.15) is 12.8 Å². The molecule has 96 valence electrons. The van der Waals surface area contributed by atoms with E-state index in [0.717, 1.165) is 0 Å². The first kappa shape index (κ1) is 13.5. The average molecular weight is 244 g/mol. The summed E-state index contributed by atoms with van der Waals surface area (Å²) in [6.07, 6.45) is 0.0828. The van der Waals surface area contributed by atoms with Gasteiger partial charge in [-0.3, -0.25) is 9.79 Å². The molecule has 0 heterocycles. The molecule has 1 atom stereocenters. The van der Waals surface area contributed by atoms with Crippen molar-refractivity contribution in [3.63, 3.8) is 0 Å². The Morgan fingerprint density at radius 2 is 2.24 bits per heavy atom. The number of hydrogen-bond donors (Lipinski definition) is 4. The first-order valence-electron chi connectivity index (χ1n) is 5.03. The van der Waals surface area contributed by atoms with Gasteiger partial charge in [0.1, 0.15) is 6.54 Å². The minimum absolute atomic E-state index is 0.0145. The van der Waals surface area contributed by atoms with Crippen molar-refractivity contribution in [3.05, 3.63) is 11.5 Å². The average Bonchev–Trinajstić information content (AvgIpc) is 2.26. The van der Waals surface area contributed by atoms with E-state index in [1.54, 1.807) is 0 Å². The molecule has 0 saturated heterocycles. The van der Waals surface area contributed by atoms with Crippen LogP contribution >= 0.6 is 0 Å². The third kappa shape index (κ3) is 3.18. The molecular formula is C10H16N2O5. The Morgan fingerprint density at radius 1 is 1.59 bits per heavy atom. The van der Waals surface area contributed by atoms with Crippen molar-refractivity contribution in [2.24, 2.45) is 10.7 Å². The number of carboxylic acid groups (broad SMARTS) is 1. The van der Waals surface area contributed by atoms with Crippen molar-refractivity contribution >= 4 is 11.7 Å². The third-order valence-electron chi connectivity index (χ3n) is 2.47. The molecule has 0 spiro atoms. The number of carboxylic acids is 1. The molecule has 0 radical (unpaired) electrons. The Hall–Kier alpha value is -1.60. The molecule has 0 aromatic rings. The van der Waals surface area contributed by atoms with Crippen molar-refractivity contribution < 1.29 is 24.9 Å². The van der Waals surface area contributed by atoms with Crippen LogP contribution in [0.15, 0.2) is 16.4 Å². The zero-order valence-electron chi connectivity index (χ0n) is 9.51. The van der Waals surface area contributed by atoms with Crippen molar-refractivity contribution in [2.45, 2.75) is 18.4 Å². The Labute approximate surface area is 98.2 Å². The molecule has 5 N–H and O–H groups in total. The molecule has 7 heteroatoms. The number of ether oxygens (including phenoxy) is 1. The number of aliphatic hydroxyl groups is 2. The van der Waals surface area contributed by atoms with Gasteiger partial charge in [0.25, 0.3) is 0 Å². The molecule has 0 fully saturated rings. The van der Waals surface area contributed by atoms with Crippen molar-refractivity contribution in [1.29, 1.82) is 0 Å². The van der Waals surface area contributed by atoms with Gasteiger partial charge in [0.15, 0.2) is 5.76 Å². The number of aliphatic carboxylic acids is 1. The van der Waals surface area contributed by atoms with Crippen molar-refractivity contribution in [2.75, 3.05) is 20.3 Å². The maximum atomic E-state index is 10.4. The molecule has 7 nitrogen and oxygen atoms in total. The number of aliphatic imine (C=N–C) groups is 1. The van der Waals surface area contributed by atoms with Gasteiger partial charge in [0.2, 0.25) is 0 Å². The summed E-state index contributed by atoms with van der Waals surface area (Å²) in [5.74, 6) is -0.811. The smallest absolute Gasteiger partial charge is 0.325 e. The molecule has 0 aromatic heterocycles. The fourth-order valence-electron chi connectivity index (χ4n) is 1.73. The molecule has 0 aliphatic heterocycles. The van der Waals surface area contributed by atoms with Crippen LogP contribution in [-0.4, -0.2) is 52.9 Å². The van der Waals surface area contributed by atoms with Crippen LogP contribution in [0.4, 0.5) is 0 Å². The highest BCUT2D eigenvalue weighted by Gasteiger charge is 2.36. The molecule has 1 aliphatic carbocycles. The highest BCUT2D eigenvalue weighted by Crippen LogP contribution is 2.28. The van der Waals surface area contributed by atoms with Crippen LogP contribution in [-0.2, 0) is 9.53 Å². The zero-order chi connectivity index (χ0) is 13.1. The number of nitrogens with zero attached hydrogens (tertiary/aromatic N) is 1. The lowest BCUT2D eigenvalue weighted by Crippen LogP contribution is -2.42. The highest BCUT2D eigenvalue weighted by molar-refractivity contribution is 6.01. The minimum Gasteiger partial charge on any atom is -0.493 e. The molecule has 1 aliphatic rings. The van der Waals surface area contributed by atoms with Gasteiger partial charge in [-0.2, -0.15) is 0 Å². The second-order valence-electron chi connectivity index (χ2n) is 3.95. The summed E-state index contributed by atoms with van der Waals surface area (Å²) >= 11 is 0. The van der Waals surface area contributed by atoms with E-state index in [1.807, 2.05) is 0 Å². The minimum atomic E-state index is -1.40. The molecule has 0 amide bonds. The van der Waals surface area contributed by atoms with E-state index in [2.05, 4.69) is 4.99 Å². The number of rotatable bonds is 4. The van der Waals surface area contributed by atoms with Crippen LogP contribution in [0.3, 0.4) is 0 Å². The Morgan fingerprint density at radius 3 is 2.71 bits per heavy atom. The van der Waals surface area contributed by atoms with Gasteiger partial charge in [-0.25, -0.2) is 0 Å². The lowest BCUT2D eigenvalue weighted by atomic mass is 9.86. The largest absolute Gasteiger partial charge is 0.493 e. The van der Waals surface area contributed by atoms with Crippen LogP contribution < -0.4 is 5.73 Å². The predicted octanol–water partition coefficient (Wildman–Crippen LogP) is -1.15. The lowest BCUT2D eigenvalue weighted by molar-refractivity contribution is -0.135. The number of carbonyl (C=O) groups is 1. The fraction of sp³-hybridized carbons (Fsp3) is 0.600. The van der Waals surface area contributed by atoms with E-state index in [-0.39, 0.29) is 30.0 Å². The van der Waals surface area contributed by atoms with Crippen molar-refractivity contribution in [1.82, 2.24) is 0 Å². The van der Waals surface area contributed by atoms with E-state index >= 15 is 0 Å². The van der Waals surface area contributed by atoms with Gasteiger partial charge in [-0.05, 0) is 0 Å². The standard InChI is InChI=1S/C10H16N2O5/c1-17-9-6(11)2-10(16,5-13)3-7(9)12-4-8(14)15/h13,16H,2-5,11H2,1H3,(H,14,15)/b12-7+/t10-/m0/s1. The second-order valence-corrected chi connectivity index (χ2v) is 3.95. The van der Waals surface area contributed by atoms with Gasteiger partial charge in [0.05, 0.1) is 30.7 Å². The maximum absolute atomic E-state index is 10.4. The summed E-state index contributed by atoms with van der Waals surface area (Å²) in [6, 6.07) is 0. The molecule has 1 rings (SSSR count). The number of aliphatic hydroxyl groups excluding tert-OH is 1. The van der Waals surface area contributed by atoms with E-state index in [9.17, 15) is 9.90 Å². The Bertz CT molecular complexity index is 377. The number of methoxy groups -OCH3 is 1. The normalized spacial score (nSPS) is 27.4. The van der Waals surface area contributed by atoms with Crippen LogP contribution in [0.5, 0.6) is 0 Å². The van der Waals surface area contributed by atoms with Crippen molar-refractivity contribution in [3.8, 4) is 0 Å². The Kier molecular flexibility index (Phi) is 4.08. The first-order valence-corrected chi connectivity index (χ1v) is 5.03. The molecule has 0 aromatic carbocycles.